The van der Waals surface area contributed by atoms with Crippen molar-refractivity contribution in [2.24, 2.45) is 0 Å². The van der Waals surface area contributed by atoms with Crippen LogP contribution in [0, 0.1) is 25.5 Å². The summed E-state index contributed by atoms with van der Waals surface area (Å²) in [6, 6.07) is 10.2. The van der Waals surface area contributed by atoms with Gasteiger partial charge in [-0.05, 0) is 31.0 Å². The zero-order valence-corrected chi connectivity index (χ0v) is 11.8. The fourth-order valence-corrected chi connectivity index (χ4v) is 2.76. The van der Waals surface area contributed by atoms with Crippen LogP contribution in [0.4, 0.5) is 8.78 Å². The van der Waals surface area contributed by atoms with Gasteiger partial charge in [-0.25, -0.2) is 8.78 Å². The normalized spacial score (nSPS) is 12.5. The van der Waals surface area contributed by atoms with Crippen LogP contribution < -0.4 is 0 Å². The number of hydrogen-bond acceptors (Lipinski definition) is 0. The molecule has 0 aliphatic carbocycles. The Kier molecular flexibility index (Phi) is 3.81. The topological polar surface area (TPSA) is 0 Å². The van der Waals surface area contributed by atoms with Crippen LogP contribution in [-0.2, 0) is 0 Å². The molecule has 18 heavy (non-hydrogen) atoms. The Morgan fingerprint density at radius 3 is 2.44 bits per heavy atom. The van der Waals surface area contributed by atoms with E-state index in [4.69, 9.17) is 0 Å². The first-order chi connectivity index (χ1) is 8.50. The molecule has 1 atom stereocenters. The predicted octanol–water partition coefficient (Wildman–Crippen LogP) is 5.07. The minimum Gasteiger partial charge on any atom is -0.204 e. The van der Waals surface area contributed by atoms with E-state index in [0.29, 0.717) is 5.56 Å². The summed E-state index contributed by atoms with van der Waals surface area (Å²) in [6.07, 6.45) is 0. The molecular weight excluding hydrogens is 298 g/mol. The lowest BCUT2D eigenvalue weighted by Gasteiger charge is -2.15. The molecule has 2 aromatic rings. The molecule has 0 amide bonds. The first-order valence-corrected chi connectivity index (χ1v) is 6.57. The summed E-state index contributed by atoms with van der Waals surface area (Å²) in [7, 11) is 0. The van der Waals surface area contributed by atoms with Gasteiger partial charge in [0, 0.05) is 5.56 Å². The van der Waals surface area contributed by atoms with E-state index in [-0.39, 0.29) is 4.83 Å². The molecule has 0 aliphatic heterocycles. The Labute approximate surface area is 114 Å². The smallest absolute Gasteiger partial charge is 0.163 e. The van der Waals surface area contributed by atoms with Crippen molar-refractivity contribution in [1.29, 1.82) is 0 Å². The standard InChI is InChI=1S/C15H13BrF2/c1-9-6-7-10(2)12(8-9)14(16)11-4-3-5-13(17)15(11)18/h3-8,14H,1-2H3. The highest BCUT2D eigenvalue weighted by molar-refractivity contribution is 9.09. The van der Waals surface area contributed by atoms with Crippen molar-refractivity contribution >= 4 is 15.9 Å². The molecule has 0 radical (unpaired) electrons. The monoisotopic (exact) mass is 310 g/mol. The van der Waals surface area contributed by atoms with Gasteiger partial charge in [0.05, 0.1) is 4.83 Å². The summed E-state index contributed by atoms with van der Waals surface area (Å²) >= 11 is 3.46. The van der Waals surface area contributed by atoms with Crippen LogP contribution >= 0.6 is 15.9 Å². The first kappa shape index (κ1) is 13.2. The van der Waals surface area contributed by atoms with Crippen molar-refractivity contribution < 1.29 is 8.78 Å². The molecular formula is C15H13BrF2. The second-order valence-corrected chi connectivity index (χ2v) is 5.28. The molecule has 2 rings (SSSR count). The van der Waals surface area contributed by atoms with Crippen molar-refractivity contribution in [2.75, 3.05) is 0 Å². The van der Waals surface area contributed by atoms with Gasteiger partial charge in [0.25, 0.3) is 0 Å². The van der Waals surface area contributed by atoms with E-state index in [0.717, 1.165) is 22.8 Å². The van der Waals surface area contributed by atoms with Gasteiger partial charge in [-0.15, -0.1) is 0 Å². The van der Waals surface area contributed by atoms with Gasteiger partial charge in [-0.1, -0.05) is 51.8 Å². The average Bonchev–Trinajstić information content (AvgIpc) is 2.35. The zero-order chi connectivity index (χ0) is 13.3. The highest BCUT2D eigenvalue weighted by Crippen LogP contribution is 2.35. The van der Waals surface area contributed by atoms with Crippen LogP contribution in [-0.4, -0.2) is 0 Å². The molecule has 3 heteroatoms. The van der Waals surface area contributed by atoms with Crippen LogP contribution in [0.25, 0.3) is 0 Å². The third kappa shape index (κ3) is 2.46. The Bertz CT molecular complexity index is 577. The molecule has 2 aromatic carbocycles. The minimum atomic E-state index is -0.817. The lowest BCUT2D eigenvalue weighted by atomic mass is 9.98. The fourth-order valence-electron chi connectivity index (χ4n) is 1.92. The van der Waals surface area contributed by atoms with E-state index in [9.17, 15) is 8.78 Å². The van der Waals surface area contributed by atoms with E-state index in [1.54, 1.807) is 6.07 Å². The maximum atomic E-state index is 13.8. The summed E-state index contributed by atoms with van der Waals surface area (Å²) in [4.78, 5) is -0.340. The first-order valence-electron chi connectivity index (χ1n) is 5.66. The van der Waals surface area contributed by atoms with Gasteiger partial charge in [0.2, 0.25) is 0 Å². The summed E-state index contributed by atoms with van der Waals surface area (Å²) in [6.45, 7) is 3.94. The number of alkyl halides is 1. The van der Waals surface area contributed by atoms with Gasteiger partial charge < -0.3 is 0 Å². The van der Waals surface area contributed by atoms with E-state index in [1.807, 2.05) is 32.0 Å². The van der Waals surface area contributed by atoms with Crippen molar-refractivity contribution in [3.63, 3.8) is 0 Å². The van der Waals surface area contributed by atoms with Crippen molar-refractivity contribution in [1.82, 2.24) is 0 Å². The fraction of sp³-hybridized carbons (Fsp3) is 0.200. The van der Waals surface area contributed by atoms with Crippen LogP contribution in [0.15, 0.2) is 36.4 Å². The number of halogens is 3. The van der Waals surface area contributed by atoms with Gasteiger partial charge in [-0.2, -0.15) is 0 Å². The summed E-state index contributed by atoms with van der Waals surface area (Å²) in [5.74, 6) is -1.61. The predicted molar refractivity (Wildman–Crippen MR) is 73.0 cm³/mol. The lowest BCUT2D eigenvalue weighted by Crippen LogP contribution is -2.01. The molecule has 0 aromatic heterocycles. The third-order valence-electron chi connectivity index (χ3n) is 2.96. The maximum absolute atomic E-state index is 13.8. The van der Waals surface area contributed by atoms with E-state index >= 15 is 0 Å². The van der Waals surface area contributed by atoms with Crippen LogP contribution in [0.1, 0.15) is 27.1 Å². The molecule has 0 N–H and O–H groups in total. The van der Waals surface area contributed by atoms with Gasteiger partial charge in [0.15, 0.2) is 11.6 Å². The van der Waals surface area contributed by atoms with Crippen LogP contribution in [0.3, 0.4) is 0 Å². The van der Waals surface area contributed by atoms with Crippen molar-refractivity contribution in [3.8, 4) is 0 Å². The number of aryl methyl sites for hydroxylation is 2. The second-order valence-electron chi connectivity index (χ2n) is 4.37. The number of hydrogen-bond donors (Lipinski definition) is 0. The van der Waals surface area contributed by atoms with E-state index < -0.39 is 11.6 Å². The van der Waals surface area contributed by atoms with Gasteiger partial charge >= 0.3 is 0 Å². The molecule has 0 aliphatic rings. The zero-order valence-electron chi connectivity index (χ0n) is 10.2. The number of rotatable bonds is 2. The Hall–Kier alpha value is -1.22. The lowest BCUT2D eigenvalue weighted by molar-refractivity contribution is 0.500. The number of benzene rings is 2. The SMILES string of the molecule is Cc1ccc(C)c(C(Br)c2cccc(F)c2F)c1. The minimum absolute atomic E-state index is 0.323. The largest absolute Gasteiger partial charge is 0.204 e. The van der Waals surface area contributed by atoms with E-state index in [1.165, 1.54) is 6.07 Å². The molecule has 0 saturated heterocycles. The molecule has 0 fully saturated rings. The molecule has 94 valence electrons. The molecule has 1 unspecified atom stereocenters. The highest BCUT2D eigenvalue weighted by atomic mass is 79.9. The Morgan fingerprint density at radius 1 is 1.00 bits per heavy atom. The average molecular weight is 311 g/mol. The van der Waals surface area contributed by atoms with Crippen LogP contribution in [0.5, 0.6) is 0 Å². The van der Waals surface area contributed by atoms with Crippen molar-refractivity contribution in [2.45, 2.75) is 18.7 Å². The van der Waals surface area contributed by atoms with E-state index in [2.05, 4.69) is 15.9 Å². The third-order valence-corrected chi connectivity index (χ3v) is 3.95. The molecule has 0 nitrogen and oxygen atoms in total. The van der Waals surface area contributed by atoms with Gasteiger partial charge in [0.1, 0.15) is 0 Å². The molecule has 0 bridgehead atoms. The second kappa shape index (κ2) is 5.19. The molecule has 0 heterocycles. The summed E-state index contributed by atoms with van der Waals surface area (Å²) in [5, 5.41) is 0. The highest BCUT2D eigenvalue weighted by Gasteiger charge is 2.18. The Morgan fingerprint density at radius 2 is 1.72 bits per heavy atom. The maximum Gasteiger partial charge on any atom is 0.163 e. The molecule has 0 saturated carbocycles. The van der Waals surface area contributed by atoms with Gasteiger partial charge in [-0.3, -0.25) is 0 Å². The quantitative estimate of drug-likeness (QED) is 0.680. The Balaban J connectivity index is 2.51. The summed E-state index contributed by atoms with van der Waals surface area (Å²) < 4.78 is 27.0. The van der Waals surface area contributed by atoms with Crippen molar-refractivity contribution in [3.05, 3.63) is 70.3 Å². The summed E-state index contributed by atoms with van der Waals surface area (Å²) in [5.41, 5.74) is 3.42. The molecule has 0 spiro atoms. The van der Waals surface area contributed by atoms with Crippen LogP contribution in [0.2, 0.25) is 0 Å².